The van der Waals surface area contributed by atoms with Crippen LogP contribution in [0.1, 0.15) is 52.4 Å². The maximum Gasteiger partial charge on any atom is 0.235 e. The van der Waals surface area contributed by atoms with E-state index in [1.54, 1.807) is 4.90 Å². The van der Waals surface area contributed by atoms with Crippen LogP contribution >= 0.6 is 12.2 Å². The topological polar surface area (TPSA) is 66.6 Å². The van der Waals surface area contributed by atoms with E-state index in [4.69, 9.17) is 18.0 Å². The summed E-state index contributed by atoms with van der Waals surface area (Å²) in [5.74, 6) is 0.0280. The van der Waals surface area contributed by atoms with E-state index in [0.29, 0.717) is 11.5 Å². The van der Waals surface area contributed by atoms with Gasteiger partial charge in [0, 0.05) is 12.6 Å². The summed E-state index contributed by atoms with van der Waals surface area (Å²) < 4.78 is 0. The summed E-state index contributed by atoms with van der Waals surface area (Å²) in [7, 11) is 0. The van der Waals surface area contributed by atoms with Crippen molar-refractivity contribution in [2.24, 2.45) is 11.1 Å². The first-order valence-electron chi connectivity index (χ1n) is 7.25. The lowest BCUT2D eigenvalue weighted by atomic mass is 9.83. The van der Waals surface area contributed by atoms with Crippen molar-refractivity contribution in [2.75, 3.05) is 13.2 Å². The van der Waals surface area contributed by atoms with Crippen LogP contribution in [0, 0.1) is 5.41 Å². The molecular formula is C14H26N2O2S. The highest BCUT2D eigenvalue weighted by Crippen LogP contribution is 2.40. The number of carbonyl (C=O) groups is 1. The molecule has 4 nitrogen and oxygen atoms in total. The molecule has 5 heteroatoms. The van der Waals surface area contributed by atoms with E-state index in [1.165, 1.54) is 0 Å². The fraction of sp³-hybridized carbons (Fsp3) is 0.857. The third-order valence-corrected chi connectivity index (χ3v) is 4.71. The smallest absolute Gasteiger partial charge is 0.235 e. The van der Waals surface area contributed by atoms with Gasteiger partial charge in [0.2, 0.25) is 5.91 Å². The lowest BCUT2D eigenvalue weighted by Crippen LogP contribution is -2.53. The molecule has 3 N–H and O–H groups in total. The quantitative estimate of drug-likeness (QED) is 0.701. The second-order valence-electron chi connectivity index (χ2n) is 5.35. The van der Waals surface area contributed by atoms with Crippen LogP contribution in [0.5, 0.6) is 0 Å². The van der Waals surface area contributed by atoms with E-state index in [1.807, 2.05) is 0 Å². The number of carbonyl (C=O) groups excluding carboxylic acids is 1. The van der Waals surface area contributed by atoms with Crippen LogP contribution in [0.3, 0.4) is 0 Å². The van der Waals surface area contributed by atoms with Crippen LogP contribution < -0.4 is 5.73 Å². The maximum absolute atomic E-state index is 12.9. The molecule has 1 aliphatic carbocycles. The number of aliphatic hydroxyl groups excluding tert-OH is 1. The fourth-order valence-corrected chi connectivity index (χ4v) is 3.40. The Kier molecular flexibility index (Phi) is 6.20. The summed E-state index contributed by atoms with van der Waals surface area (Å²) in [6, 6.07) is 0.159. The van der Waals surface area contributed by atoms with Gasteiger partial charge in [-0.3, -0.25) is 4.79 Å². The second kappa shape index (κ2) is 7.20. The number of nitrogens with zero attached hydrogens (tertiary/aromatic N) is 1. The number of rotatable bonds is 7. The Bertz CT molecular complexity index is 323. The second-order valence-corrected chi connectivity index (χ2v) is 5.79. The molecule has 1 saturated carbocycles. The molecule has 1 fully saturated rings. The molecule has 1 aliphatic rings. The lowest BCUT2D eigenvalue weighted by molar-refractivity contribution is -0.141. The molecular weight excluding hydrogens is 260 g/mol. The summed E-state index contributed by atoms with van der Waals surface area (Å²) in [5.41, 5.74) is 5.21. The fourth-order valence-electron chi connectivity index (χ4n) is 3.11. The van der Waals surface area contributed by atoms with Crippen LogP contribution in [-0.4, -0.2) is 40.1 Å². The highest BCUT2D eigenvalue weighted by molar-refractivity contribution is 7.80. The van der Waals surface area contributed by atoms with Crippen LogP contribution in [-0.2, 0) is 4.79 Å². The van der Waals surface area contributed by atoms with Gasteiger partial charge in [0.25, 0.3) is 0 Å². The van der Waals surface area contributed by atoms with Crippen molar-refractivity contribution in [3.8, 4) is 0 Å². The molecule has 110 valence electrons. The van der Waals surface area contributed by atoms with E-state index >= 15 is 0 Å². The number of thiocarbonyl (C=S) groups is 1. The molecule has 0 radical (unpaired) electrons. The average Bonchev–Trinajstić information content (AvgIpc) is 2.89. The number of amides is 1. The molecule has 0 atom stereocenters. The Hall–Kier alpha value is -0.680. The van der Waals surface area contributed by atoms with E-state index in [0.717, 1.165) is 38.5 Å². The van der Waals surface area contributed by atoms with Gasteiger partial charge in [0.05, 0.1) is 17.0 Å². The molecule has 0 aromatic rings. The molecule has 0 unspecified atom stereocenters. The minimum atomic E-state index is -0.660. The molecule has 0 aliphatic heterocycles. The summed E-state index contributed by atoms with van der Waals surface area (Å²) in [5, 5.41) is 9.23. The molecule has 1 amide bonds. The Balaban J connectivity index is 3.00. The highest BCUT2D eigenvalue weighted by atomic mass is 32.1. The van der Waals surface area contributed by atoms with Gasteiger partial charge in [0.1, 0.15) is 0 Å². The van der Waals surface area contributed by atoms with Gasteiger partial charge < -0.3 is 15.7 Å². The zero-order chi connectivity index (χ0) is 14.5. The van der Waals surface area contributed by atoms with Crippen LogP contribution in [0.2, 0.25) is 0 Å². The molecule has 0 bridgehead atoms. The maximum atomic E-state index is 12.9. The molecule has 0 spiro atoms. The Morgan fingerprint density at radius 1 is 1.37 bits per heavy atom. The van der Waals surface area contributed by atoms with Gasteiger partial charge in [-0.1, -0.05) is 38.9 Å². The highest BCUT2D eigenvalue weighted by Gasteiger charge is 2.46. The summed E-state index contributed by atoms with van der Waals surface area (Å²) in [6.07, 6.45) is 5.27. The van der Waals surface area contributed by atoms with E-state index in [9.17, 15) is 9.90 Å². The summed E-state index contributed by atoms with van der Waals surface area (Å²) in [4.78, 5) is 15.0. The van der Waals surface area contributed by atoms with Crippen LogP contribution in [0.4, 0.5) is 0 Å². The Labute approximate surface area is 121 Å². The Morgan fingerprint density at radius 3 is 2.26 bits per heavy atom. The molecule has 0 heterocycles. The Morgan fingerprint density at radius 2 is 1.89 bits per heavy atom. The van der Waals surface area contributed by atoms with Crippen molar-refractivity contribution in [3.63, 3.8) is 0 Å². The SMILES string of the molecule is CCC(CC)N(CCO)C(=O)C1(C(N)=S)CCCC1. The van der Waals surface area contributed by atoms with Gasteiger partial charge in [0.15, 0.2) is 0 Å². The zero-order valence-corrected chi connectivity index (χ0v) is 12.8. The summed E-state index contributed by atoms with van der Waals surface area (Å²) in [6.45, 7) is 4.48. The third kappa shape index (κ3) is 3.26. The minimum absolute atomic E-state index is 0.0182. The molecule has 19 heavy (non-hydrogen) atoms. The van der Waals surface area contributed by atoms with Gasteiger partial charge in [-0.2, -0.15) is 0 Å². The van der Waals surface area contributed by atoms with Gasteiger partial charge in [-0.05, 0) is 25.7 Å². The number of aliphatic hydroxyl groups is 1. The molecule has 0 saturated heterocycles. The number of hydrogen-bond acceptors (Lipinski definition) is 3. The van der Waals surface area contributed by atoms with Crippen molar-refractivity contribution in [1.29, 1.82) is 0 Å². The van der Waals surface area contributed by atoms with Gasteiger partial charge in [-0.25, -0.2) is 0 Å². The first kappa shape index (κ1) is 16.4. The zero-order valence-electron chi connectivity index (χ0n) is 12.0. The average molecular weight is 286 g/mol. The minimum Gasteiger partial charge on any atom is -0.395 e. The molecule has 0 aromatic heterocycles. The van der Waals surface area contributed by atoms with Crippen LogP contribution in [0.25, 0.3) is 0 Å². The van der Waals surface area contributed by atoms with E-state index in [-0.39, 0.29) is 18.6 Å². The van der Waals surface area contributed by atoms with Crippen molar-refractivity contribution in [2.45, 2.75) is 58.4 Å². The first-order valence-corrected chi connectivity index (χ1v) is 7.66. The van der Waals surface area contributed by atoms with Crippen molar-refractivity contribution < 1.29 is 9.90 Å². The largest absolute Gasteiger partial charge is 0.395 e. The van der Waals surface area contributed by atoms with Crippen molar-refractivity contribution in [3.05, 3.63) is 0 Å². The molecule has 0 aromatic carbocycles. The van der Waals surface area contributed by atoms with E-state index < -0.39 is 5.41 Å². The summed E-state index contributed by atoms with van der Waals surface area (Å²) >= 11 is 5.17. The van der Waals surface area contributed by atoms with E-state index in [2.05, 4.69) is 13.8 Å². The van der Waals surface area contributed by atoms with Gasteiger partial charge in [-0.15, -0.1) is 0 Å². The normalized spacial score (nSPS) is 17.7. The first-order chi connectivity index (χ1) is 9.03. The van der Waals surface area contributed by atoms with Crippen molar-refractivity contribution >= 4 is 23.1 Å². The standard InChI is InChI=1S/C14H26N2O2S/c1-3-11(4-2)16(9-10-17)13(18)14(12(15)19)7-5-6-8-14/h11,17H,3-10H2,1-2H3,(H2,15,19). The van der Waals surface area contributed by atoms with Crippen LogP contribution in [0.15, 0.2) is 0 Å². The monoisotopic (exact) mass is 286 g/mol. The van der Waals surface area contributed by atoms with Gasteiger partial charge >= 0.3 is 0 Å². The number of nitrogens with two attached hydrogens (primary N) is 1. The predicted octanol–water partition coefficient (Wildman–Crippen LogP) is 1.84. The lowest BCUT2D eigenvalue weighted by Gasteiger charge is -2.37. The third-order valence-electron chi connectivity index (χ3n) is 4.32. The number of hydrogen-bond donors (Lipinski definition) is 2. The van der Waals surface area contributed by atoms with Crippen molar-refractivity contribution in [1.82, 2.24) is 4.90 Å². The predicted molar refractivity (Wildman–Crippen MR) is 80.9 cm³/mol. The molecule has 1 rings (SSSR count).